The third-order valence-electron chi connectivity index (χ3n) is 2.30. The van der Waals surface area contributed by atoms with Gasteiger partial charge in [0.1, 0.15) is 0 Å². The first-order chi connectivity index (χ1) is 4.23. The fourth-order valence-corrected chi connectivity index (χ4v) is 1.38. The Morgan fingerprint density at radius 1 is 1.78 bits per heavy atom. The van der Waals surface area contributed by atoms with Crippen molar-refractivity contribution in [3.63, 3.8) is 0 Å². The van der Waals surface area contributed by atoms with E-state index < -0.39 is 0 Å². The lowest BCUT2D eigenvalue weighted by atomic mass is 10.1. The van der Waals surface area contributed by atoms with E-state index in [0.717, 1.165) is 19.1 Å². The number of ether oxygens (including phenoxy) is 1. The second-order valence-electron chi connectivity index (χ2n) is 3.22. The Hall–Kier alpha value is -0.0800. The van der Waals surface area contributed by atoms with Gasteiger partial charge in [0.15, 0.2) is 0 Å². The fourth-order valence-electron chi connectivity index (χ4n) is 1.38. The zero-order valence-corrected chi connectivity index (χ0v) is 6.18. The summed E-state index contributed by atoms with van der Waals surface area (Å²) >= 11 is 0. The molecule has 1 saturated carbocycles. The van der Waals surface area contributed by atoms with E-state index in [2.05, 4.69) is 6.92 Å². The summed E-state index contributed by atoms with van der Waals surface area (Å²) in [5.41, 5.74) is 5.90. The summed E-state index contributed by atoms with van der Waals surface area (Å²) in [6.07, 6.45) is 1.25. The average Bonchev–Trinajstić information content (AvgIpc) is 2.43. The van der Waals surface area contributed by atoms with Crippen LogP contribution in [0.1, 0.15) is 13.3 Å². The van der Waals surface area contributed by atoms with Crippen molar-refractivity contribution in [3.05, 3.63) is 0 Å². The van der Waals surface area contributed by atoms with Crippen LogP contribution in [0.3, 0.4) is 0 Å². The third kappa shape index (κ3) is 1.25. The van der Waals surface area contributed by atoms with E-state index in [0.29, 0.717) is 5.41 Å². The van der Waals surface area contributed by atoms with Gasteiger partial charge in [-0.25, -0.2) is 0 Å². The van der Waals surface area contributed by atoms with E-state index in [1.807, 2.05) is 0 Å². The molecule has 0 aromatic rings. The molecule has 1 aliphatic rings. The molecule has 54 valence electrons. The van der Waals surface area contributed by atoms with Gasteiger partial charge in [-0.05, 0) is 24.3 Å². The van der Waals surface area contributed by atoms with Crippen LogP contribution in [0.25, 0.3) is 0 Å². The Morgan fingerprint density at radius 3 is 2.78 bits per heavy atom. The molecule has 0 unspecified atom stereocenters. The number of nitrogens with two attached hydrogens (primary N) is 1. The van der Waals surface area contributed by atoms with E-state index in [1.54, 1.807) is 7.11 Å². The van der Waals surface area contributed by atoms with Gasteiger partial charge < -0.3 is 10.5 Å². The summed E-state index contributed by atoms with van der Waals surface area (Å²) in [4.78, 5) is 0. The normalized spacial score (nSPS) is 41.0. The van der Waals surface area contributed by atoms with E-state index in [-0.39, 0.29) is 0 Å². The van der Waals surface area contributed by atoms with Crippen molar-refractivity contribution in [2.75, 3.05) is 20.3 Å². The zero-order valence-electron chi connectivity index (χ0n) is 6.18. The first kappa shape index (κ1) is 7.03. The third-order valence-corrected chi connectivity index (χ3v) is 2.30. The van der Waals surface area contributed by atoms with Crippen molar-refractivity contribution in [1.82, 2.24) is 0 Å². The minimum Gasteiger partial charge on any atom is -0.384 e. The minimum absolute atomic E-state index is 0.420. The molecule has 2 N–H and O–H groups in total. The number of hydrogen-bond donors (Lipinski definition) is 1. The Balaban J connectivity index is 2.25. The molecule has 0 aliphatic heterocycles. The summed E-state index contributed by atoms with van der Waals surface area (Å²) in [5, 5.41) is 0. The van der Waals surface area contributed by atoms with Gasteiger partial charge in [-0.2, -0.15) is 0 Å². The van der Waals surface area contributed by atoms with Crippen molar-refractivity contribution < 1.29 is 4.74 Å². The van der Waals surface area contributed by atoms with E-state index in [4.69, 9.17) is 10.5 Å². The molecule has 0 amide bonds. The molecule has 0 heterocycles. The Kier molecular flexibility index (Phi) is 1.78. The molecule has 1 rings (SSSR count). The van der Waals surface area contributed by atoms with Gasteiger partial charge in [0.2, 0.25) is 0 Å². The number of rotatable bonds is 3. The lowest BCUT2D eigenvalue weighted by Crippen LogP contribution is -2.12. The smallest absolute Gasteiger partial charge is 0.0519 e. The van der Waals surface area contributed by atoms with E-state index >= 15 is 0 Å². The van der Waals surface area contributed by atoms with Crippen molar-refractivity contribution in [3.8, 4) is 0 Å². The van der Waals surface area contributed by atoms with Crippen LogP contribution in [-0.4, -0.2) is 20.3 Å². The van der Waals surface area contributed by atoms with Gasteiger partial charge in [-0.1, -0.05) is 6.92 Å². The van der Waals surface area contributed by atoms with Gasteiger partial charge in [-0.15, -0.1) is 0 Å². The van der Waals surface area contributed by atoms with Crippen LogP contribution in [0.2, 0.25) is 0 Å². The first-order valence-corrected chi connectivity index (χ1v) is 3.42. The summed E-state index contributed by atoms with van der Waals surface area (Å²) in [5.74, 6) is 0.720. The molecule has 0 aromatic carbocycles. The first-order valence-electron chi connectivity index (χ1n) is 3.42. The molecule has 0 aromatic heterocycles. The van der Waals surface area contributed by atoms with Crippen LogP contribution in [0, 0.1) is 11.3 Å². The average molecular weight is 129 g/mol. The molecule has 0 saturated heterocycles. The number of methoxy groups -OCH3 is 1. The second kappa shape index (κ2) is 2.27. The summed E-state index contributed by atoms with van der Waals surface area (Å²) < 4.78 is 5.05. The molecule has 1 aliphatic carbocycles. The van der Waals surface area contributed by atoms with Crippen molar-refractivity contribution in [2.24, 2.45) is 17.1 Å². The quantitative estimate of drug-likeness (QED) is 0.606. The second-order valence-corrected chi connectivity index (χ2v) is 3.22. The van der Waals surface area contributed by atoms with Crippen molar-refractivity contribution in [1.29, 1.82) is 0 Å². The van der Waals surface area contributed by atoms with Gasteiger partial charge >= 0.3 is 0 Å². The summed E-state index contributed by atoms with van der Waals surface area (Å²) in [7, 11) is 1.75. The Bertz CT molecular complexity index is 105. The lowest BCUT2D eigenvalue weighted by molar-refractivity contribution is 0.142. The molecule has 0 bridgehead atoms. The van der Waals surface area contributed by atoms with Crippen LogP contribution in [0.5, 0.6) is 0 Å². The summed E-state index contributed by atoms with van der Waals surface area (Å²) in [6.45, 7) is 3.92. The van der Waals surface area contributed by atoms with E-state index in [9.17, 15) is 0 Å². The lowest BCUT2D eigenvalue weighted by Gasteiger charge is -2.06. The van der Waals surface area contributed by atoms with Crippen molar-refractivity contribution >= 4 is 0 Å². The monoisotopic (exact) mass is 129 g/mol. The molecular weight excluding hydrogens is 114 g/mol. The maximum Gasteiger partial charge on any atom is 0.0519 e. The van der Waals surface area contributed by atoms with Crippen molar-refractivity contribution in [2.45, 2.75) is 13.3 Å². The van der Waals surface area contributed by atoms with Gasteiger partial charge in [0.05, 0.1) is 6.61 Å². The molecule has 0 spiro atoms. The maximum atomic E-state index is 5.48. The van der Waals surface area contributed by atoms with Crippen LogP contribution in [-0.2, 0) is 4.74 Å². The predicted octanol–water partition coefficient (Wildman–Crippen LogP) is 0.618. The van der Waals surface area contributed by atoms with Crippen LogP contribution in [0.15, 0.2) is 0 Å². The highest BCUT2D eigenvalue weighted by atomic mass is 16.5. The highest BCUT2D eigenvalue weighted by Crippen LogP contribution is 2.51. The predicted molar refractivity (Wildman–Crippen MR) is 37.1 cm³/mol. The Morgan fingerprint density at radius 2 is 2.44 bits per heavy atom. The highest BCUT2D eigenvalue weighted by molar-refractivity contribution is 4.98. The minimum atomic E-state index is 0.420. The molecular formula is C7H15NO. The maximum absolute atomic E-state index is 5.48. The standard InChI is InChI=1S/C7H15NO/c1-7(5-9-2)3-6(7)4-8/h6H,3-5,8H2,1-2H3/t6-,7-/m0/s1. The van der Waals surface area contributed by atoms with Gasteiger partial charge in [0.25, 0.3) is 0 Å². The number of hydrogen-bond acceptors (Lipinski definition) is 2. The molecule has 0 radical (unpaired) electrons. The SMILES string of the molecule is COC[C@]1(C)C[C@H]1CN. The molecule has 1 fully saturated rings. The Labute approximate surface area is 56.4 Å². The van der Waals surface area contributed by atoms with Crippen LogP contribution in [0.4, 0.5) is 0 Å². The van der Waals surface area contributed by atoms with Crippen LogP contribution < -0.4 is 5.73 Å². The molecule has 2 nitrogen and oxygen atoms in total. The van der Waals surface area contributed by atoms with Gasteiger partial charge in [0, 0.05) is 7.11 Å². The van der Waals surface area contributed by atoms with Crippen LogP contribution >= 0.6 is 0 Å². The summed E-state index contributed by atoms with van der Waals surface area (Å²) in [6, 6.07) is 0. The largest absolute Gasteiger partial charge is 0.384 e. The molecule has 2 atom stereocenters. The highest BCUT2D eigenvalue weighted by Gasteiger charge is 2.48. The van der Waals surface area contributed by atoms with E-state index in [1.165, 1.54) is 6.42 Å². The zero-order chi connectivity index (χ0) is 6.91. The van der Waals surface area contributed by atoms with Gasteiger partial charge in [-0.3, -0.25) is 0 Å². The fraction of sp³-hybridized carbons (Fsp3) is 1.00. The molecule has 9 heavy (non-hydrogen) atoms. The topological polar surface area (TPSA) is 35.2 Å². The molecule has 2 heteroatoms.